The lowest BCUT2D eigenvalue weighted by Gasteiger charge is -2.15. The number of hydrogen-bond donors (Lipinski definition) is 1. The van der Waals surface area contributed by atoms with Gasteiger partial charge in [0.05, 0.1) is 12.2 Å². The molecule has 96 valence electrons. The van der Waals surface area contributed by atoms with Gasteiger partial charge in [-0.05, 0) is 19.1 Å². The van der Waals surface area contributed by atoms with E-state index in [1.165, 1.54) is 0 Å². The second-order valence-electron chi connectivity index (χ2n) is 4.17. The molecule has 1 aromatic carbocycles. The topological polar surface area (TPSA) is 60.2 Å². The second-order valence-corrected chi connectivity index (χ2v) is 4.17. The average Bonchev–Trinajstić information content (AvgIpc) is 2.77. The van der Waals surface area contributed by atoms with Gasteiger partial charge in [-0.25, -0.2) is 0 Å². The summed E-state index contributed by atoms with van der Waals surface area (Å²) in [5.41, 5.74) is 1.87. The highest BCUT2D eigenvalue weighted by Crippen LogP contribution is 2.27. The minimum atomic E-state index is 0.208. The summed E-state index contributed by atoms with van der Waals surface area (Å²) in [6, 6.07) is 8.06. The molecule has 0 aliphatic heterocycles. The lowest BCUT2D eigenvalue weighted by atomic mass is 10.1. The van der Waals surface area contributed by atoms with Crippen LogP contribution < -0.4 is 5.32 Å². The smallest absolute Gasteiger partial charge is 0.249 e. The molecule has 0 amide bonds. The lowest BCUT2D eigenvalue weighted by Crippen LogP contribution is -2.21. The zero-order valence-electron chi connectivity index (χ0n) is 10.8. The number of hydrogen-bond acceptors (Lipinski definition) is 5. The van der Waals surface area contributed by atoms with Gasteiger partial charge < -0.3 is 14.5 Å². The number of nitrogens with one attached hydrogen (secondary N) is 1. The van der Waals surface area contributed by atoms with Crippen LogP contribution in [0.4, 0.5) is 5.69 Å². The summed E-state index contributed by atoms with van der Waals surface area (Å²) in [5.74, 6) is 1.09. The van der Waals surface area contributed by atoms with Crippen molar-refractivity contribution >= 4 is 5.69 Å². The van der Waals surface area contributed by atoms with Crippen LogP contribution in [-0.4, -0.2) is 30.0 Å². The van der Waals surface area contributed by atoms with Crippen molar-refractivity contribution in [2.45, 2.75) is 19.9 Å². The van der Waals surface area contributed by atoms with Gasteiger partial charge in [-0.3, -0.25) is 0 Å². The number of methoxy groups -OCH3 is 1. The number of para-hydroxylation sites is 1. The summed E-state index contributed by atoms with van der Waals surface area (Å²) in [5, 5.41) is 11.3. The van der Waals surface area contributed by atoms with Crippen LogP contribution in [0.25, 0.3) is 11.5 Å². The summed E-state index contributed by atoms with van der Waals surface area (Å²) in [6.45, 7) is 4.47. The van der Waals surface area contributed by atoms with Crippen LogP contribution in [0.2, 0.25) is 0 Å². The Kier molecular flexibility index (Phi) is 3.94. The summed E-state index contributed by atoms with van der Waals surface area (Å²) >= 11 is 0. The Balaban J connectivity index is 2.25. The predicted molar refractivity (Wildman–Crippen MR) is 69.4 cm³/mol. The molecule has 2 aromatic rings. The number of rotatable bonds is 5. The van der Waals surface area contributed by atoms with Crippen LogP contribution in [0.5, 0.6) is 0 Å². The van der Waals surface area contributed by atoms with E-state index in [0.717, 1.165) is 11.3 Å². The van der Waals surface area contributed by atoms with Gasteiger partial charge in [0.25, 0.3) is 0 Å². The minimum Gasteiger partial charge on any atom is -0.421 e. The molecule has 0 spiro atoms. The normalized spacial score (nSPS) is 12.4. The molecule has 1 N–H and O–H groups in total. The number of aromatic nitrogens is 2. The Morgan fingerprint density at radius 2 is 2.11 bits per heavy atom. The highest BCUT2D eigenvalue weighted by Gasteiger charge is 2.12. The van der Waals surface area contributed by atoms with E-state index in [1.807, 2.05) is 24.3 Å². The summed E-state index contributed by atoms with van der Waals surface area (Å²) in [4.78, 5) is 0. The fraction of sp³-hybridized carbons (Fsp3) is 0.385. The number of benzene rings is 1. The van der Waals surface area contributed by atoms with E-state index in [9.17, 15) is 0 Å². The van der Waals surface area contributed by atoms with Crippen molar-refractivity contribution in [1.82, 2.24) is 10.2 Å². The molecule has 1 aromatic heterocycles. The van der Waals surface area contributed by atoms with Crippen LogP contribution in [0, 0.1) is 6.92 Å². The van der Waals surface area contributed by atoms with Crippen LogP contribution >= 0.6 is 0 Å². The quantitative estimate of drug-likeness (QED) is 0.879. The molecule has 18 heavy (non-hydrogen) atoms. The molecule has 0 aliphatic carbocycles. The monoisotopic (exact) mass is 247 g/mol. The molecule has 0 saturated heterocycles. The average molecular weight is 247 g/mol. The van der Waals surface area contributed by atoms with Crippen molar-refractivity contribution in [3.63, 3.8) is 0 Å². The van der Waals surface area contributed by atoms with Crippen molar-refractivity contribution in [2.24, 2.45) is 0 Å². The SMILES string of the molecule is COCC(C)Nc1ccccc1-c1nnc(C)o1. The fourth-order valence-electron chi connectivity index (χ4n) is 1.76. The zero-order valence-corrected chi connectivity index (χ0v) is 10.8. The third-order valence-corrected chi connectivity index (χ3v) is 2.50. The van der Waals surface area contributed by atoms with Crippen molar-refractivity contribution in [1.29, 1.82) is 0 Å². The van der Waals surface area contributed by atoms with Gasteiger partial charge in [0.2, 0.25) is 11.8 Å². The Hall–Kier alpha value is -1.88. The van der Waals surface area contributed by atoms with E-state index in [0.29, 0.717) is 18.4 Å². The minimum absolute atomic E-state index is 0.208. The maximum Gasteiger partial charge on any atom is 0.249 e. The Bertz CT molecular complexity index is 510. The number of anilines is 1. The highest BCUT2D eigenvalue weighted by atomic mass is 16.5. The molecule has 1 atom stereocenters. The Morgan fingerprint density at radius 1 is 1.33 bits per heavy atom. The largest absolute Gasteiger partial charge is 0.421 e. The van der Waals surface area contributed by atoms with Crippen molar-refractivity contribution in [3.05, 3.63) is 30.2 Å². The fourth-order valence-corrected chi connectivity index (χ4v) is 1.76. The number of aryl methyl sites for hydroxylation is 1. The first kappa shape index (κ1) is 12.6. The molecule has 0 fully saturated rings. The standard InChI is InChI=1S/C13H17N3O2/c1-9(8-17-3)14-12-7-5-4-6-11(12)13-16-15-10(2)18-13/h4-7,9,14H,8H2,1-3H3. The molecule has 2 rings (SSSR count). The van der Waals surface area contributed by atoms with Crippen LogP contribution in [0.15, 0.2) is 28.7 Å². The molecule has 0 saturated carbocycles. The molecule has 0 bridgehead atoms. The van der Waals surface area contributed by atoms with Crippen LogP contribution in [-0.2, 0) is 4.74 Å². The molecule has 0 radical (unpaired) electrons. The molecule has 1 unspecified atom stereocenters. The first-order valence-corrected chi connectivity index (χ1v) is 5.85. The molecule has 0 aliphatic rings. The Morgan fingerprint density at radius 3 is 2.78 bits per heavy atom. The van der Waals surface area contributed by atoms with Gasteiger partial charge >= 0.3 is 0 Å². The maximum absolute atomic E-state index is 5.46. The van der Waals surface area contributed by atoms with Gasteiger partial charge in [0.15, 0.2) is 0 Å². The van der Waals surface area contributed by atoms with E-state index < -0.39 is 0 Å². The van der Waals surface area contributed by atoms with E-state index in [1.54, 1.807) is 14.0 Å². The van der Waals surface area contributed by atoms with Gasteiger partial charge in [0, 0.05) is 25.8 Å². The highest BCUT2D eigenvalue weighted by molar-refractivity contribution is 5.72. The van der Waals surface area contributed by atoms with Gasteiger partial charge in [0.1, 0.15) is 0 Å². The van der Waals surface area contributed by atoms with Crippen molar-refractivity contribution in [3.8, 4) is 11.5 Å². The van der Waals surface area contributed by atoms with Gasteiger partial charge in [-0.1, -0.05) is 12.1 Å². The summed E-state index contributed by atoms with van der Waals surface area (Å²) in [6.07, 6.45) is 0. The van der Waals surface area contributed by atoms with E-state index in [4.69, 9.17) is 9.15 Å². The van der Waals surface area contributed by atoms with E-state index >= 15 is 0 Å². The Labute approximate surface area is 106 Å². The molecule has 1 heterocycles. The maximum atomic E-state index is 5.46. The summed E-state index contributed by atoms with van der Waals surface area (Å²) in [7, 11) is 1.69. The number of nitrogens with zero attached hydrogens (tertiary/aromatic N) is 2. The van der Waals surface area contributed by atoms with Gasteiger partial charge in [-0.2, -0.15) is 0 Å². The third-order valence-electron chi connectivity index (χ3n) is 2.50. The van der Waals surface area contributed by atoms with Crippen molar-refractivity contribution in [2.75, 3.05) is 19.0 Å². The van der Waals surface area contributed by atoms with Crippen LogP contribution in [0.1, 0.15) is 12.8 Å². The number of ether oxygens (including phenoxy) is 1. The van der Waals surface area contributed by atoms with Crippen LogP contribution in [0.3, 0.4) is 0 Å². The lowest BCUT2D eigenvalue weighted by molar-refractivity contribution is 0.190. The first-order valence-electron chi connectivity index (χ1n) is 5.85. The third kappa shape index (κ3) is 2.87. The van der Waals surface area contributed by atoms with E-state index in [-0.39, 0.29) is 6.04 Å². The van der Waals surface area contributed by atoms with Gasteiger partial charge in [-0.15, -0.1) is 10.2 Å². The van der Waals surface area contributed by atoms with E-state index in [2.05, 4.69) is 22.4 Å². The molecular formula is C13H17N3O2. The predicted octanol–water partition coefficient (Wildman–Crippen LogP) is 2.49. The molecule has 5 nitrogen and oxygen atoms in total. The summed E-state index contributed by atoms with van der Waals surface area (Å²) < 4.78 is 10.6. The second kappa shape index (κ2) is 5.64. The molecular weight excluding hydrogens is 230 g/mol. The first-order chi connectivity index (χ1) is 8.70. The van der Waals surface area contributed by atoms with Crippen molar-refractivity contribution < 1.29 is 9.15 Å². The zero-order chi connectivity index (χ0) is 13.0. The molecule has 5 heteroatoms.